The molecule has 0 bridgehead atoms. The number of carbonyl (C=O) groups is 1. The number of hydrogen-bond donors (Lipinski definition) is 1. The number of aliphatic carboxylic acids is 1. The minimum absolute atomic E-state index is 0.000000000000000222. The van der Waals surface area contributed by atoms with Crippen molar-refractivity contribution in [3.8, 4) is 0 Å². The Labute approximate surface area is 47.5 Å². The molecule has 0 aromatic carbocycles. The Hall–Kier alpha value is -1.27. The minimum Gasteiger partial charge on any atom is -0.478 e. The Bertz CT molecular complexity index is 157. The van der Waals surface area contributed by atoms with Crippen LogP contribution >= 0.6 is 0 Å². The molecule has 0 radical (unpaired) electrons. The van der Waals surface area contributed by atoms with E-state index in [1.54, 1.807) is 0 Å². The molecule has 0 aliphatic carbocycles. The molecule has 8 heavy (non-hydrogen) atoms. The van der Waals surface area contributed by atoms with E-state index in [4.69, 9.17) is 5.11 Å². The van der Waals surface area contributed by atoms with Gasteiger partial charge in [-0.05, 0) is 6.08 Å². The zero-order valence-electron chi connectivity index (χ0n) is 4.35. The van der Waals surface area contributed by atoms with Crippen LogP contribution in [0.15, 0.2) is 30.5 Å². The van der Waals surface area contributed by atoms with E-state index in [2.05, 4.69) is 18.9 Å². The van der Waals surface area contributed by atoms with E-state index in [-0.39, 0.29) is 5.57 Å². The molecular formula is C6H6O2. The normalized spacial score (nSPS) is 7.00. The zero-order chi connectivity index (χ0) is 6.57. The van der Waals surface area contributed by atoms with Gasteiger partial charge < -0.3 is 5.11 Å². The van der Waals surface area contributed by atoms with Crippen LogP contribution < -0.4 is 0 Å². The lowest BCUT2D eigenvalue weighted by atomic mass is 10.3. The van der Waals surface area contributed by atoms with Crippen molar-refractivity contribution in [3.63, 3.8) is 0 Å². The largest absolute Gasteiger partial charge is 0.478 e. The van der Waals surface area contributed by atoms with Crippen LogP contribution in [0.25, 0.3) is 0 Å². The number of carboxylic acids is 1. The fourth-order valence-electron chi connectivity index (χ4n) is 0.185. The van der Waals surface area contributed by atoms with Gasteiger partial charge in [-0.3, -0.25) is 0 Å². The molecule has 0 heterocycles. The molecular weight excluding hydrogens is 104 g/mol. The van der Waals surface area contributed by atoms with Gasteiger partial charge in [-0.2, -0.15) is 0 Å². The molecule has 1 N–H and O–H groups in total. The Morgan fingerprint density at radius 1 is 1.75 bits per heavy atom. The Kier molecular flexibility index (Phi) is 2.38. The van der Waals surface area contributed by atoms with E-state index in [0.29, 0.717) is 0 Å². The molecule has 42 valence electrons. The molecule has 0 rings (SSSR count). The SMILES string of the molecule is C=C=CC(=C)C(=O)O. The standard InChI is InChI=1S/C6H6O2/c1-3-4-5(2)6(7)8/h4H,1-2H2,(H,7,8). The van der Waals surface area contributed by atoms with E-state index in [1.165, 1.54) is 6.08 Å². The first-order valence-corrected chi connectivity index (χ1v) is 1.96. The van der Waals surface area contributed by atoms with Crippen LogP contribution in [0.5, 0.6) is 0 Å². The van der Waals surface area contributed by atoms with Crippen LogP contribution in [0.1, 0.15) is 0 Å². The summed E-state index contributed by atoms with van der Waals surface area (Å²) < 4.78 is 0. The summed E-state index contributed by atoms with van der Waals surface area (Å²) in [6.45, 7) is 6.36. The van der Waals surface area contributed by atoms with Gasteiger partial charge in [0.25, 0.3) is 0 Å². The quantitative estimate of drug-likeness (QED) is 0.326. The van der Waals surface area contributed by atoms with Crippen molar-refractivity contribution in [2.75, 3.05) is 0 Å². The summed E-state index contributed by atoms with van der Waals surface area (Å²) >= 11 is 0. The van der Waals surface area contributed by atoms with Crippen LogP contribution in [0.3, 0.4) is 0 Å². The highest BCUT2D eigenvalue weighted by atomic mass is 16.4. The molecule has 0 unspecified atom stereocenters. The molecule has 0 atom stereocenters. The van der Waals surface area contributed by atoms with Crippen molar-refractivity contribution in [1.82, 2.24) is 0 Å². The second-order valence-corrected chi connectivity index (χ2v) is 1.18. The summed E-state index contributed by atoms with van der Waals surface area (Å²) in [4.78, 5) is 9.89. The summed E-state index contributed by atoms with van der Waals surface area (Å²) in [5.41, 5.74) is 2.29. The smallest absolute Gasteiger partial charge is 0.335 e. The molecule has 2 nitrogen and oxygen atoms in total. The van der Waals surface area contributed by atoms with Crippen molar-refractivity contribution >= 4 is 5.97 Å². The van der Waals surface area contributed by atoms with Gasteiger partial charge in [-0.1, -0.05) is 13.2 Å². The molecule has 0 saturated heterocycles. The van der Waals surface area contributed by atoms with Crippen molar-refractivity contribution in [2.45, 2.75) is 0 Å². The molecule has 0 amide bonds. The lowest BCUT2D eigenvalue weighted by Gasteiger charge is -1.82. The molecule has 0 aromatic rings. The predicted octanol–water partition coefficient (Wildman–Crippen LogP) is 0.968. The topological polar surface area (TPSA) is 37.3 Å². The molecule has 0 spiro atoms. The van der Waals surface area contributed by atoms with Crippen LogP contribution in [-0.2, 0) is 4.79 Å². The van der Waals surface area contributed by atoms with Gasteiger partial charge in [-0.25, -0.2) is 4.79 Å². The highest BCUT2D eigenvalue weighted by Crippen LogP contribution is 1.88. The van der Waals surface area contributed by atoms with Gasteiger partial charge in [0.05, 0.1) is 5.57 Å². The van der Waals surface area contributed by atoms with E-state index in [0.717, 1.165) is 0 Å². The number of carboxylic acid groups (broad SMARTS) is 1. The minimum atomic E-state index is -1.04. The molecule has 0 aromatic heterocycles. The maximum atomic E-state index is 9.89. The van der Waals surface area contributed by atoms with Crippen LogP contribution in [0.2, 0.25) is 0 Å². The van der Waals surface area contributed by atoms with Crippen molar-refractivity contribution < 1.29 is 9.90 Å². The first kappa shape index (κ1) is 6.73. The molecule has 0 aliphatic heterocycles. The zero-order valence-corrected chi connectivity index (χ0v) is 4.35. The van der Waals surface area contributed by atoms with Gasteiger partial charge in [0.1, 0.15) is 0 Å². The first-order chi connectivity index (χ1) is 3.68. The third kappa shape index (κ3) is 2.00. The summed E-state index contributed by atoms with van der Waals surface area (Å²) in [5.74, 6) is -1.04. The second kappa shape index (κ2) is 2.83. The van der Waals surface area contributed by atoms with Crippen molar-refractivity contribution in [2.24, 2.45) is 0 Å². The first-order valence-electron chi connectivity index (χ1n) is 1.96. The molecule has 0 saturated carbocycles. The van der Waals surface area contributed by atoms with Gasteiger partial charge in [0, 0.05) is 0 Å². The summed E-state index contributed by atoms with van der Waals surface area (Å²) in [5, 5.41) is 8.11. The van der Waals surface area contributed by atoms with Gasteiger partial charge >= 0.3 is 5.97 Å². The molecule has 0 fully saturated rings. The van der Waals surface area contributed by atoms with Crippen LogP contribution in [0, 0.1) is 0 Å². The van der Waals surface area contributed by atoms with Crippen molar-refractivity contribution in [1.29, 1.82) is 0 Å². The van der Waals surface area contributed by atoms with Gasteiger partial charge in [0.15, 0.2) is 0 Å². The predicted molar refractivity (Wildman–Crippen MR) is 30.5 cm³/mol. The summed E-state index contributed by atoms with van der Waals surface area (Å²) in [6, 6.07) is 0. The maximum Gasteiger partial charge on any atom is 0.335 e. The van der Waals surface area contributed by atoms with Gasteiger partial charge in [-0.15, -0.1) is 5.73 Å². The lowest BCUT2D eigenvalue weighted by Crippen LogP contribution is -1.93. The fourth-order valence-corrected chi connectivity index (χ4v) is 0.185. The summed E-state index contributed by atoms with van der Waals surface area (Å²) in [7, 11) is 0. The fraction of sp³-hybridized carbons (Fsp3) is 0. The average molecular weight is 110 g/mol. The highest BCUT2D eigenvalue weighted by Gasteiger charge is 1.94. The third-order valence-corrected chi connectivity index (χ3v) is 0.551. The van der Waals surface area contributed by atoms with Crippen LogP contribution in [-0.4, -0.2) is 11.1 Å². The monoisotopic (exact) mass is 110 g/mol. The second-order valence-electron chi connectivity index (χ2n) is 1.18. The number of hydrogen-bond acceptors (Lipinski definition) is 1. The lowest BCUT2D eigenvalue weighted by molar-refractivity contribution is -0.132. The molecule has 0 aliphatic rings. The van der Waals surface area contributed by atoms with E-state index in [9.17, 15) is 4.79 Å². The Balaban J connectivity index is 4.05. The average Bonchev–Trinajstić information content (AvgIpc) is 1.67. The number of rotatable bonds is 2. The third-order valence-electron chi connectivity index (χ3n) is 0.551. The van der Waals surface area contributed by atoms with E-state index < -0.39 is 5.97 Å². The molecule has 2 heteroatoms. The Morgan fingerprint density at radius 2 is 2.25 bits per heavy atom. The van der Waals surface area contributed by atoms with Gasteiger partial charge in [0.2, 0.25) is 0 Å². The highest BCUT2D eigenvalue weighted by molar-refractivity contribution is 5.88. The van der Waals surface area contributed by atoms with Crippen LogP contribution in [0.4, 0.5) is 0 Å². The summed E-state index contributed by atoms with van der Waals surface area (Å²) in [6.07, 6.45) is 1.21. The van der Waals surface area contributed by atoms with E-state index in [1.807, 2.05) is 0 Å². The van der Waals surface area contributed by atoms with E-state index >= 15 is 0 Å². The maximum absolute atomic E-state index is 9.89. The Morgan fingerprint density at radius 3 is 2.38 bits per heavy atom. The van der Waals surface area contributed by atoms with Crippen molar-refractivity contribution in [3.05, 3.63) is 30.5 Å².